The third-order valence-electron chi connectivity index (χ3n) is 6.41. The molecule has 2 heterocycles. The molecule has 9 nitrogen and oxygen atoms in total. The maximum absolute atomic E-state index is 14.0. The number of halogens is 1. The smallest absolute Gasteiger partial charge is 0.191 e. The molecule has 0 bridgehead atoms. The summed E-state index contributed by atoms with van der Waals surface area (Å²) in [6.07, 6.45) is -1.51. The molecule has 0 spiro atoms. The van der Waals surface area contributed by atoms with E-state index in [2.05, 4.69) is 32.5 Å². The fourth-order valence-corrected chi connectivity index (χ4v) is 5.05. The second kappa shape index (κ2) is 8.79. The van der Waals surface area contributed by atoms with Gasteiger partial charge in [0.05, 0.1) is 12.1 Å². The number of aromatic nitrogens is 5. The van der Waals surface area contributed by atoms with E-state index in [1.165, 1.54) is 16.4 Å². The fourth-order valence-electron chi connectivity index (χ4n) is 4.36. The molecule has 3 aromatic rings. The molecule has 6 atom stereocenters. The van der Waals surface area contributed by atoms with Crippen LogP contribution in [0.5, 0.6) is 0 Å². The minimum absolute atomic E-state index is 0.0834. The van der Waals surface area contributed by atoms with E-state index in [1.54, 1.807) is 19.1 Å². The topological polar surface area (TPSA) is 129 Å². The van der Waals surface area contributed by atoms with Crippen LogP contribution < -0.4 is 5.32 Å². The van der Waals surface area contributed by atoms with Crippen LogP contribution in [0.25, 0.3) is 11.2 Å². The number of aliphatic hydroxyl groups excluding tert-OH is 3. The van der Waals surface area contributed by atoms with Gasteiger partial charge < -0.3 is 20.6 Å². The molecule has 1 aromatic carbocycles. The lowest BCUT2D eigenvalue weighted by Gasteiger charge is -2.16. The molecule has 11 heteroatoms. The Balaban J connectivity index is 1.45. The summed E-state index contributed by atoms with van der Waals surface area (Å²) in [5, 5.41) is 42.8. The zero-order chi connectivity index (χ0) is 23.3. The van der Waals surface area contributed by atoms with Gasteiger partial charge in [-0.05, 0) is 37.0 Å². The second-order valence-electron chi connectivity index (χ2n) is 8.86. The van der Waals surface area contributed by atoms with Gasteiger partial charge in [-0.25, -0.2) is 19.0 Å². The van der Waals surface area contributed by atoms with Gasteiger partial charge in [0.15, 0.2) is 22.1 Å². The van der Waals surface area contributed by atoms with Crippen molar-refractivity contribution >= 4 is 28.7 Å². The summed E-state index contributed by atoms with van der Waals surface area (Å²) in [4.78, 5) is 9.27. The predicted octanol–water partition coefficient (Wildman–Crippen LogP) is 2.17. The molecule has 2 aromatic heterocycles. The van der Waals surface area contributed by atoms with Crippen LogP contribution in [0.3, 0.4) is 0 Å². The van der Waals surface area contributed by atoms with Crippen molar-refractivity contribution in [2.75, 3.05) is 11.1 Å². The van der Waals surface area contributed by atoms with Crippen molar-refractivity contribution in [1.82, 2.24) is 25.0 Å². The first-order chi connectivity index (χ1) is 15.9. The molecule has 0 saturated heterocycles. The first-order valence-corrected chi connectivity index (χ1v) is 12.2. The quantitative estimate of drug-likeness (QED) is 0.301. The highest BCUT2D eigenvalue weighted by molar-refractivity contribution is 7.99. The molecule has 176 valence electrons. The van der Waals surface area contributed by atoms with Crippen molar-refractivity contribution in [1.29, 1.82) is 0 Å². The van der Waals surface area contributed by atoms with Gasteiger partial charge in [-0.15, -0.1) is 5.10 Å². The Morgan fingerprint density at radius 1 is 1.18 bits per heavy atom. The highest BCUT2D eigenvalue weighted by atomic mass is 32.2. The summed E-state index contributed by atoms with van der Waals surface area (Å²) in [5.41, 5.74) is 2.47. The molecule has 2 fully saturated rings. The fraction of sp³-hybridized carbons (Fsp3) is 0.545. The average molecular weight is 475 g/mol. The van der Waals surface area contributed by atoms with Crippen molar-refractivity contribution in [2.24, 2.45) is 0 Å². The lowest BCUT2D eigenvalue weighted by molar-refractivity contribution is -0.0253. The number of thioether (sulfide) groups is 1. The lowest BCUT2D eigenvalue weighted by atomic mass is 10.1. The summed E-state index contributed by atoms with van der Waals surface area (Å²) in [6, 6.07) is 4.78. The van der Waals surface area contributed by atoms with Crippen LogP contribution in [0.15, 0.2) is 23.4 Å². The standard InChI is InChI=1S/C22H27FN6O3S/c1-3-6-33-22-25-20(24-14-8-12(14)11-5-4-10(2)13(23)7-11)17-21(26-22)29(28-27-17)15-9-16(30)19(32)18(15)31/h4-5,7,12,14-16,18-19,30-32H,3,6,8-9H2,1-2H3,(H,24,25,26)/t12-,14+,15+,16-,18-,19+/m0/s1. The number of nitrogens with one attached hydrogen (secondary N) is 1. The van der Waals surface area contributed by atoms with Crippen LogP contribution in [-0.4, -0.2) is 70.4 Å². The Hall–Kier alpha value is -2.34. The van der Waals surface area contributed by atoms with E-state index in [1.807, 2.05) is 6.07 Å². The number of aliphatic hydroxyl groups is 3. The Labute approximate surface area is 194 Å². The van der Waals surface area contributed by atoms with Crippen LogP contribution in [-0.2, 0) is 0 Å². The molecular weight excluding hydrogens is 447 g/mol. The molecule has 0 aliphatic heterocycles. The van der Waals surface area contributed by atoms with Crippen molar-refractivity contribution < 1.29 is 19.7 Å². The summed E-state index contributed by atoms with van der Waals surface area (Å²) in [7, 11) is 0. The van der Waals surface area contributed by atoms with Crippen molar-refractivity contribution in [3.8, 4) is 0 Å². The molecule has 33 heavy (non-hydrogen) atoms. The first kappa shape index (κ1) is 22.5. The Bertz CT molecular complexity index is 1180. The third-order valence-corrected chi connectivity index (χ3v) is 7.46. The van der Waals surface area contributed by atoms with Gasteiger partial charge in [0, 0.05) is 24.1 Å². The second-order valence-corrected chi connectivity index (χ2v) is 9.92. The third kappa shape index (κ3) is 4.18. The SMILES string of the molecule is CCCSc1nc(N[C@@H]2C[C@H]2c2ccc(C)c(F)c2)c2nnn([C@@H]3C[C@H](O)[C@@H](O)[C@H]3O)c2n1. The van der Waals surface area contributed by atoms with Gasteiger partial charge in [-0.3, -0.25) is 0 Å². The Morgan fingerprint density at radius 3 is 2.70 bits per heavy atom. The normalized spacial score (nSPS) is 29.0. The van der Waals surface area contributed by atoms with E-state index < -0.39 is 24.4 Å². The molecular formula is C22H27FN6O3S. The lowest BCUT2D eigenvalue weighted by Crippen LogP contribution is -2.31. The predicted molar refractivity (Wildman–Crippen MR) is 122 cm³/mol. The zero-order valence-corrected chi connectivity index (χ0v) is 19.2. The van der Waals surface area contributed by atoms with Crippen molar-refractivity contribution in [3.63, 3.8) is 0 Å². The molecule has 0 amide bonds. The molecule has 2 saturated carbocycles. The van der Waals surface area contributed by atoms with Crippen LogP contribution in [0.4, 0.5) is 10.2 Å². The van der Waals surface area contributed by atoms with Crippen LogP contribution in [0, 0.1) is 12.7 Å². The Kier molecular flexibility index (Phi) is 5.98. The van der Waals surface area contributed by atoms with Gasteiger partial charge in [0.2, 0.25) is 0 Å². The highest BCUT2D eigenvalue weighted by Crippen LogP contribution is 2.44. The van der Waals surface area contributed by atoms with E-state index in [9.17, 15) is 19.7 Å². The van der Waals surface area contributed by atoms with Crippen LogP contribution >= 0.6 is 11.8 Å². The monoisotopic (exact) mass is 474 g/mol. The van der Waals surface area contributed by atoms with Crippen LogP contribution in [0.2, 0.25) is 0 Å². The molecule has 4 N–H and O–H groups in total. The first-order valence-electron chi connectivity index (χ1n) is 11.2. The van der Waals surface area contributed by atoms with E-state index in [0.29, 0.717) is 27.7 Å². The minimum Gasteiger partial charge on any atom is -0.390 e. The van der Waals surface area contributed by atoms with Gasteiger partial charge >= 0.3 is 0 Å². The maximum Gasteiger partial charge on any atom is 0.191 e. The minimum atomic E-state index is -1.25. The van der Waals surface area contributed by atoms with Gasteiger partial charge in [-0.1, -0.05) is 36.0 Å². The van der Waals surface area contributed by atoms with Crippen molar-refractivity contribution in [3.05, 3.63) is 35.1 Å². The van der Waals surface area contributed by atoms with Gasteiger partial charge in [0.25, 0.3) is 0 Å². The number of nitrogens with zero attached hydrogens (tertiary/aromatic N) is 5. The van der Waals surface area contributed by atoms with Gasteiger partial charge in [-0.2, -0.15) is 0 Å². The zero-order valence-electron chi connectivity index (χ0n) is 18.4. The number of hydrogen-bond donors (Lipinski definition) is 4. The van der Waals surface area contributed by atoms with E-state index >= 15 is 0 Å². The number of fused-ring (bicyclic) bond motifs is 1. The van der Waals surface area contributed by atoms with Gasteiger partial charge in [0.1, 0.15) is 18.0 Å². The molecule has 2 aliphatic rings. The molecule has 0 unspecified atom stereocenters. The largest absolute Gasteiger partial charge is 0.390 e. The summed E-state index contributed by atoms with van der Waals surface area (Å²) in [5.74, 6) is 1.35. The van der Waals surface area contributed by atoms with E-state index in [4.69, 9.17) is 0 Å². The maximum atomic E-state index is 14.0. The average Bonchev–Trinajstić information content (AvgIpc) is 3.36. The molecule has 0 radical (unpaired) electrons. The highest BCUT2D eigenvalue weighted by Gasteiger charge is 2.44. The number of rotatable bonds is 7. The van der Waals surface area contributed by atoms with E-state index in [0.717, 1.165) is 24.2 Å². The summed E-state index contributed by atoms with van der Waals surface area (Å²) >= 11 is 1.51. The number of hydrogen-bond acceptors (Lipinski definition) is 9. The van der Waals surface area contributed by atoms with Crippen LogP contribution in [0.1, 0.15) is 49.3 Å². The van der Waals surface area contributed by atoms with E-state index in [-0.39, 0.29) is 24.2 Å². The molecule has 5 rings (SSSR count). The molecule has 2 aliphatic carbocycles. The number of benzene rings is 1. The van der Waals surface area contributed by atoms with Crippen molar-refractivity contribution in [2.45, 2.75) is 74.6 Å². The number of anilines is 1. The Morgan fingerprint density at radius 2 is 2.00 bits per heavy atom. The summed E-state index contributed by atoms with van der Waals surface area (Å²) < 4.78 is 15.5. The number of aryl methyl sites for hydroxylation is 1. The summed E-state index contributed by atoms with van der Waals surface area (Å²) in [6.45, 7) is 3.82.